The molecule has 23 heavy (non-hydrogen) atoms. The molecule has 0 aliphatic rings. The summed E-state index contributed by atoms with van der Waals surface area (Å²) in [6.45, 7) is 1.67. The minimum absolute atomic E-state index is 0.415. The highest BCUT2D eigenvalue weighted by Gasteiger charge is 2.15. The van der Waals surface area contributed by atoms with Gasteiger partial charge in [0.15, 0.2) is 5.92 Å². The molecule has 0 fully saturated rings. The van der Waals surface area contributed by atoms with Gasteiger partial charge in [-0.2, -0.15) is 0 Å². The SMILES string of the molecule is C#CC#CC#CC(C#CC#CC#CC#CC)C(=O)n1cnnc1. The van der Waals surface area contributed by atoms with Crippen LogP contribution in [0.15, 0.2) is 12.7 Å². The molecule has 0 saturated carbocycles. The second kappa shape index (κ2) is 10.5. The Labute approximate surface area is 135 Å². The maximum Gasteiger partial charge on any atom is 0.260 e. The van der Waals surface area contributed by atoms with Crippen LogP contribution in [0.5, 0.6) is 0 Å². The Morgan fingerprint density at radius 3 is 2.00 bits per heavy atom. The lowest BCUT2D eigenvalue weighted by Crippen LogP contribution is -2.18. The average molecular weight is 293 g/mol. The lowest BCUT2D eigenvalue weighted by atomic mass is 10.1. The van der Waals surface area contributed by atoms with Crippen molar-refractivity contribution in [1.29, 1.82) is 0 Å². The highest BCUT2D eigenvalue weighted by molar-refractivity contribution is 5.86. The third kappa shape index (κ3) is 6.63. The van der Waals surface area contributed by atoms with Gasteiger partial charge in [0.1, 0.15) is 12.7 Å². The number of terminal acetylenes is 1. The van der Waals surface area contributed by atoms with Crippen LogP contribution >= 0.6 is 0 Å². The molecule has 0 aromatic carbocycles. The number of carbonyl (C=O) groups excluding carboxylic acids is 1. The summed E-state index contributed by atoms with van der Waals surface area (Å²) in [5, 5.41) is 7.11. The topological polar surface area (TPSA) is 47.8 Å². The summed E-state index contributed by atoms with van der Waals surface area (Å²) in [4.78, 5) is 12.2. The number of carbonyl (C=O) groups is 1. The number of aromatic nitrogens is 3. The van der Waals surface area contributed by atoms with E-state index in [0.29, 0.717) is 0 Å². The van der Waals surface area contributed by atoms with Crippen LogP contribution in [0.3, 0.4) is 0 Å². The van der Waals surface area contributed by atoms with Crippen LogP contribution in [0, 0.1) is 89.3 Å². The van der Waals surface area contributed by atoms with Gasteiger partial charge in [0.25, 0.3) is 5.91 Å². The number of hydrogen-bond donors (Lipinski definition) is 0. The Morgan fingerprint density at radius 1 is 0.913 bits per heavy atom. The van der Waals surface area contributed by atoms with Gasteiger partial charge < -0.3 is 0 Å². The van der Waals surface area contributed by atoms with Crippen molar-refractivity contribution in [2.45, 2.75) is 6.92 Å². The molecule has 0 spiro atoms. The lowest BCUT2D eigenvalue weighted by Gasteiger charge is -2.00. The maximum absolute atomic E-state index is 12.2. The molecule has 1 aromatic rings. The quantitative estimate of drug-likeness (QED) is 0.695. The zero-order valence-corrected chi connectivity index (χ0v) is 12.1. The van der Waals surface area contributed by atoms with Gasteiger partial charge in [-0.15, -0.1) is 16.6 Å². The smallest absolute Gasteiger partial charge is 0.260 e. The van der Waals surface area contributed by atoms with E-state index < -0.39 is 11.8 Å². The van der Waals surface area contributed by atoms with Crippen molar-refractivity contribution in [3.05, 3.63) is 12.7 Å². The molecule has 1 unspecified atom stereocenters. The van der Waals surface area contributed by atoms with Gasteiger partial charge in [-0.3, -0.25) is 9.36 Å². The molecular weight excluding hydrogens is 286 g/mol. The zero-order valence-electron chi connectivity index (χ0n) is 12.1. The number of nitrogens with zero attached hydrogens (tertiary/aromatic N) is 3. The minimum Gasteiger partial charge on any atom is -0.271 e. The highest BCUT2D eigenvalue weighted by atomic mass is 16.2. The third-order valence-corrected chi connectivity index (χ3v) is 1.99. The fourth-order valence-electron chi connectivity index (χ4n) is 1.09. The molecule has 0 radical (unpaired) electrons. The molecule has 0 N–H and O–H groups in total. The summed E-state index contributed by atoms with van der Waals surface area (Å²) >= 11 is 0. The zero-order chi connectivity index (χ0) is 16.8. The molecule has 4 heteroatoms. The molecular formula is C19H7N3O. The Balaban J connectivity index is 2.99. The van der Waals surface area contributed by atoms with Gasteiger partial charge in [-0.05, 0) is 66.1 Å². The molecule has 4 nitrogen and oxygen atoms in total. The summed E-state index contributed by atoms with van der Waals surface area (Å²) in [7, 11) is 0. The molecule has 1 heterocycles. The first-order valence-electron chi connectivity index (χ1n) is 6.07. The van der Waals surface area contributed by atoms with E-state index >= 15 is 0 Å². The van der Waals surface area contributed by atoms with E-state index in [1.165, 1.54) is 17.2 Å². The Morgan fingerprint density at radius 2 is 1.43 bits per heavy atom. The predicted molar refractivity (Wildman–Crippen MR) is 85.3 cm³/mol. The average Bonchev–Trinajstić information content (AvgIpc) is 3.10. The van der Waals surface area contributed by atoms with E-state index in [4.69, 9.17) is 6.42 Å². The molecule has 0 saturated heterocycles. The Bertz CT molecular complexity index is 985. The molecule has 1 rings (SSSR count). The van der Waals surface area contributed by atoms with Crippen LogP contribution in [0.2, 0.25) is 0 Å². The highest BCUT2D eigenvalue weighted by Crippen LogP contribution is 1.98. The Hall–Kier alpha value is -4.27. The van der Waals surface area contributed by atoms with Crippen molar-refractivity contribution in [3.63, 3.8) is 0 Å². The first kappa shape index (κ1) is 16.8. The molecule has 0 amide bonds. The summed E-state index contributed by atoms with van der Waals surface area (Å²) in [6.07, 6.45) is 7.50. The van der Waals surface area contributed by atoms with Crippen LogP contribution in [0.4, 0.5) is 0 Å². The fourth-order valence-corrected chi connectivity index (χ4v) is 1.09. The lowest BCUT2D eigenvalue weighted by molar-refractivity contribution is 0.0890. The van der Waals surface area contributed by atoms with E-state index in [2.05, 4.69) is 87.2 Å². The van der Waals surface area contributed by atoms with Crippen molar-refractivity contribution in [1.82, 2.24) is 14.8 Å². The molecule has 0 aliphatic carbocycles. The first-order valence-corrected chi connectivity index (χ1v) is 6.07. The van der Waals surface area contributed by atoms with Crippen molar-refractivity contribution in [3.8, 4) is 83.4 Å². The van der Waals surface area contributed by atoms with Gasteiger partial charge >= 0.3 is 0 Å². The van der Waals surface area contributed by atoms with Crippen LogP contribution < -0.4 is 0 Å². The van der Waals surface area contributed by atoms with Gasteiger partial charge in [-0.1, -0.05) is 17.8 Å². The second-order valence-corrected chi connectivity index (χ2v) is 3.45. The molecule has 1 aromatic heterocycles. The van der Waals surface area contributed by atoms with E-state index in [1.807, 2.05) is 0 Å². The van der Waals surface area contributed by atoms with Crippen LogP contribution in [-0.2, 0) is 0 Å². The predicted octanol–water partition coefficient (Wildman–Crippen LogP) is 0.208. The van der Waals surface area contributed by atoms with E-state index in [9.17, 15) is 4.79 Å². The van der Waals surface area contributed by atoms with Gasteiger partial charge in [0, 0.05) is 0 Å². The summed E-state index contributed by atoms with van der Waals surface area (Å²) in [6, 6.07) is 0. The maximum atomic E-state index is 12.2. The normalized spacial score (nSPS) is 7.83. The second-order valence-electron chi connectivity index (χ2n) is 3.45. The molecule has 0 bridgehead atoms. The molecule has 1 atom stereocenters. The van der Waals surface area contributed by atoms with Crippen LogP contribution in [0.25, 0.3) is 0 Å². The number of rotatable bonds is 1. The van der Waals surface area contributed by atoms with Gasteiger partial charge in [0.2, 0.25) is 0 Å². The third-order valence-electron chi connectivity index (χ3n) is 1.99. The summed E-state index contributed by atoms with van der Waals surface area (Å²) < 4.78 is 1.17. The number of hydrogen-bond acceptors (Lipinski definition) is 3. The molecule has 104 valence electrons. The fraction of sp³-hybridized carbons (Fsp3) is 0.105. The van der Waals surface area contributed by atoms with Gasteiger partial charge in [0.05, 0.1) is 0 Å². The monoisotopic (exact) mass is 293 g/mol. The van der Waals surface area contributed by atoms with E-state index in [-0.39, 0.29) is 0 Å². The van der Waals surface area contributed by atoms with Crippen molar-refractivity contribution in [2.75, 3.05) is 0 Å². The standard InChI is InChI=1S/C19H7N3O/c1-3-5-7-9-10-11-13-15-18(14-12-8-6-4-2)19(23)22-16-20-21-17-22/h2,16-18H,1H3. The first-order chi connectivity index (χ1) is 11.3. The Kier molecular flexibility index (Phi) is 7.67. The van der Waals surface area contributed by atoms with Gasteiger partial charge in [-0.25, -0.2) is 0 Å². The summed E-state index contributed by atoms with van der Waals surface area (Å²) in [5.41, 5.74) is 0. The van der Waals surface area contributed by atoms with Crippen molar-refractivity contribution < 1.29 is 4.79 Å². The van der Waals surface area contributed by atoms with Crippen molar-refractivity contribution >= 4 is 5.91 Å². The van der Waals surface area contributed by atoms with E-state index in [1.54, 1.807) is 6.92 Å². The molecule has 0 aliphatic heterocycles. The van der Waals surface area contributed by atoms with E-state index in [0.717, 1.165) is 0 Å². The van der Waals surface area contributed by atoms with Crippen molar-refractivity contribution in [2.24, 2.45) is 5.92 Å². The summed E-state index contributed by atoms with van der Waals surface area (Å²) in [5.74, 6) is 30.9. The largest absolute Gasteiger partial charge is 0.271 e. The van der Waals surface area contributed by atoms with Crippen LogP contribution in [-0.4, -0.2) is 20.7 Å². The van der Waals surface area contributed by atoms with Crippen LogP contribution in [0.1, 0.15) is 11.7 Å². The minimum atomic E-state index is -0.934.